The van der Waals surface area contributed by atoms with E-state index in [9.17, 15) is 19.2 Å². The Morgan fingerprint density at radius 2 is 1.87 bits per heavy atom. The molecular weight excluding hydrogens is 401 g/mol. The zero-order valence-corrected chi connectivity index (χ0v) is 17.2. The van der Waals surface area contributed by atoms with Crippen LogP contribution in [0.15, 0.2) is 66.7 Å². The highest BCUT2D eigenvalue weighted by Crippen LogP contribution is 2.59. The van der Waals surface area contributed by atoms with E-state index in [0.29, 0.717) is 17.1 Å². The van der Waals surface area contributed by atoms with Crippen molar-refractivity contribution in [1.29, 1.82) is 5.26 Å². The van der Waals surface area contributed by atoms with Crippen LogP contribution in [-0.4, -0.2) is 18.8 Å². The minimum absolute atomic E-state index is 0.278. The van der Waals surface area contributed by atoms with Gasteiger partial charge in [0.15, 0.2) is 0 Å². The smallest absolute Gasteiger partial charge is 0.332 e. The second-order valence-corrected chi connectivity index (χ2v) is 7.69. The lowest BCUT2D eigenvalue weighted by Crippen LogP contribution is -2.14. The van der Waals surface area contributed by atoms with Crippen LogP contribution in [0.5, 0.6) is 11.5 Å². The van der Waals surface area contributed by atoms with Gasteiger partial charge in [-0.3, -0.25) is 4.79 Å². The molecule has 0 N–H and O–H groups in total. The third kappa shape index (κ3) is 5.28. The highest BCUT2D eigenvalue weighted by Gasteiger charge is 2.61. The molecule has 3 atom stereocenters. The lowest BCUT2D eigenvalue weighted by molar-refractivity contribution is -0.149. The number of carbonyl (C=O) groups is 2. The number of hydrogen-bond acceptors (Lipinski definition) is 6. The van der Waals surface area contributed by atoms with Gasteiger partial charge in [-0.25, -0.2) is 9.18 Å². The maximum atomic E-state index is 12.7. The summed E-state index contributed by atoms with van der Waals surface area (Å²) in [6, 6.07) is 18.0. The van der Waals surface area contributed by atoms with Gasteiger partial charge in [-0.15, -0.1) is 0 Å². The molecule has 1 aliphatic rings. The molecule has 0 amide bonds. The van der Waals surface area contributed by atoms with Crippen molar-refractivity contribution in [3.05, 3.63) is 72.3 Å². The van der Waals surface area contributed by atoms with E-state index in [1.807, 2.05) is 38.1 Å². The highest BCUT2D eigenvalue weighted by atomic mass is 19.1. The van der Waals surface area contributed by atoms with Crippen molar-refractivity contribution in [2.75, 3.05) is 6.86 Å². The molecule has 3 rings (SSSR count). The van der Waals surface area contributed by atoms with Gasteiger partial charge in [-0.1, -0.05) is 50.3 Å². The third-order valence-electron chi connectivity index (χ3n) is 5.29. The number of ether oxygens (including phenoxy) is 3. The Morgan fingerprint density at radius 3 is 2.55 bits per heavy atom. The molecular formula is C24H22FNO5. The number of carbonyl (C=O) groups excluding carboxylic acids is 2. The van der Waals surface area contributed by atoms with E-state index in [1.54, 1.807) is 36.4 Å². The molecule has 2 aromatic carbocycles. The third-order valence-corrected chi connectivity index (χ3v) is 5.29. The van der Waals surface area contributed by atoms with E-state index in [2.05, 4.69) is 4.74 Å². The van der Waals surface area contributed by atoms with Crippen molar-refractivity contribution in [2.45, 2.75) is 20.0 Å². The van der Waals surface area contributed by atoms with Crippen LogP contribution in [0, 0.1) is 28.6 Å². The first kappa shape index (κ1) is 22.0. The Bertz CT molecular complexity index is 1010. The lowest BCUT2D eigenvalue weighted by atomic mass is 10.1. The molecule has 160 valence electrons. The molecule has 1 aliphatic carbocycles. The Kier molecular flexibility index (Phi) is 6.71. The van der Waals surface area contributed by atoms with Crippen molar-refractivity contribution in [2.24, 2.45) is 17.3 Å². The molecule has 7 heteroatoms. The molecule has 0 radical (unpaired) electrons. The summed E-state index contributed by atoms with van der Waals surface area (Å²) in [5.41, 5.74) is 0.0309. The van der Waals surface area contributed by atoms with E-state index in [1.165, 1.54) is 6.08 Å². The Morgan fingerprint density at radius 1 is 1.16 bits per heavy atom. The number of alkyl halides is 1. The first-order chi connectivity index (χ1) is 14.9. The summed E-state index contributed by atoms with van der Waals surface area (Å²) in [5.74, 6) is -1.01. The van der Waals surface area contributed by atoms with Crippen molar-refractivity contribution >= 4 is 11.9 Å². The quantitative estimate of drug-likeness (QED) is 0.444. The highest BCUT2D eigenvalue weighted by molar-refractivity contribution is 5.83. The summed E-state index contributed by atoms with van der Waals surface area (Å²) in [5, 5.41) is 9.56. The molecule has 0 aromatic heterocycles. The maximum absolute atomic E-state index is 12.7. The van der Waals surface area contributed by atoms with E-state index in [0.717, 1.165) is 6.08 Å². The molecule has 6 nitrogen and oxygen atoms in total. The average molecular weight is 423 g/mol. The Balaban J connectivity index is 1.67. The summed E-state index contributed by atoms with van der Waals surface area (Å²) < 4.78 is 27.5. The van der Waals surface area contributed by atoms with Crippen LogP contribution in [0.1, 0.15) is 25.5 Å². The Hall–Kier alpha value is -3.66. The van der Waals surface area contributed by atoms with Crippen molar-refractivity contribution in [1.82, 2.24) is 0 Å². The molecule has 0 heterocycles. The van der Waals surface area contributed by atoms with E-state index < -0.39 is 36.2 Å². The van der Waals surface area contributed by atoms with E-state index in [-0.39, 0.29) is 5.92 Å². The maximum Gasteiger partial charge on any atom is 0.332 e. The minimum Gasteiger partial charge on any atom is -0.457 e. The topological polar surface area (TPSA) is 85.6 Å². The molecule has 0 unspecified atom stereocenters. The predicted molar refractivity (Wildman–Crippen MR) is 109 cm³/mol. The standard InChI is InChI=1S/C24H22FNO5/c1-24(2)19(11-12-21(27)29-15-25)22(24)23(28)31-20(14-26)16-7-6-10-18(13-16)30-17-8-4-3-5-9-17/h3-13,19-20,22H,15H2,1-2H3/t19-,20+,22-/m0/s1. The van der Waals surface area contributed by atoms with Crippen LogP contribution in [0.4, 0.5) is 4.39 Å². The SMILES string of the molecule is CC1(C)[C@H](C(=O)O[C@H](C#N)c2cccc(Oc3ccccc3)c2)[C@@H]1C=CC(=O)OCF. The normalized spacial score (nSPS) is 19.8. The number of nitrogens with zero attached hydrogens (tertiary/aromatic N) is 1. The monoisotopic (exact) mass is 423 g/mol. The summed E-state index contributed by atoms with van der Waals surface area (Å²) >= 11 is 0. The molecule has 2 aromatic rings. The van der Waals surface area contributed by atoms with Gasteiger partial charge in [0.2, 0.25) is 13.0 Å². The molecule has 1 saturated carbocycles. The van der Waals surface area contributed by atoms with Gasteiger partial charge in [0.25, 0.3) is 0 Å². The molecule has 0 aliphatic heterocycles. The fourth-order valence-corrected chi connectivity index (χ4v) is 3.50. The summed E-state index contributed by atoms with van der Waals surface area (Å²) in [6.45, 7) is 2.49. The van der Waals surface area contributed by atoms with Crippen LogP contribution >= 0.6 is 0 Å². The van der Waals surface area contributed by atoms with Gasteiger partial charge >= 0.3 is 11.9 Å². The van der Waals surface area contributed by atoms with Gasteiger partial charge in [-0.05, 0) is 35.6 Å². The zero-order chi connectivity index (χ0) is 22.4. The number of halogens is 1. The second kappa shape index (κ2) is 9.43. The van der Waals surface area contributed by atoms with Crippen LogP contribution in [0.25, 0.3) is 0 Å². The lowest BCUT2D eigenvalue weighted by Gasteiger charge is -2.13. The van der Waals surface area contributed by atoms with Crippen LogP contribution in [0.2, 0.25) is 0 Å². The molecule has 0 saturated heterocycles. The number of benzene rings is 2. The largest absolute Gasteiger partial charge is 0.457 e. The van der Waals surface area contributed by atoms with Crippen LogP contribution < -0.4 is 4.74 Å². The van der Waals surface area contributed by atoms with Crippen molar-refractivity contribution in [3.8, 4) is 17.6 Å². The van der Waals surface area contributed by atoms with Crippen LogP contribution in [0.3, 0.4) is 0 Å². The van der Waals surface area contributed by atoms with E-state index in [4.69, 9.17) is 9.47 Å². The van der Waals surface area contributed by atoms with Crippen LogP contribution in [-0.2, 0) is 19.1 Å². The number of rotatable bonds is 8. The Labute approximate surface area is 179 Å². The average Bonchev–Trinajstić information content (AvgIpc) is 3.32. The van der Waals surface area contributed by atoms with Crippen molar-refractivity contribution in [3.63, 3.8) is 0 Å². The summed E-state index contributed by atoms with van der Waals surface area (Å²) in [4.78, 5) is 24.0. The number of hydrogen-bond donors (Lipinski definition) is 0. The fourth-order valence-electron chi connectivity index (χ4n) is 3.50. The number of nitriles is 1. The number of allylic oxidation sites excluding steroid dienone is 1. The fraction of sp³-hybridized carbons (Fsp3) is 0.292. The van der Waals surface area contributed by atoms with Crippen molar-refractivity contribution < 1.29 is 28.2 Å². The molecule has 1 fully saturated rings. The molecule has 0 spiro atoms. The summed E-state index contributed by atoms with van der Waals surface area (Å²) in [7, 11) is 0. The first-order valence-corrected chi connectivity index (χ1v) is 9.70. The molecule has 31 heavy (non-hydrogen) atoms. The first-order valence-electron chi connectivity index (χ1n) is 9.70. The number of esters is 2. The van der Waals surface area contributed by atoms with Gasteiger partial charge in [0.05, 0.1) is 5.92 Å². The predicted octanol–water partition coefficient (Wildman–Crippen LogP) is 4.89. The van der Waals surface area contributed by atoms with Gasteiger partial charge in [-0.2, -0.15) is 5.26 Å². The second-order valence-electron chi connectivity index (χ2n) is 7.69. The zero-order valence-electron chi connectivity index (χ0n) is 17.2. The van der Waals surface area contributed by atoms with Gasteiger partial charge in [0, 0.05) is 11.6 Å². The number of para-hydroxylation sites is 1. The van der Waals surface area contributed by atoms with Gasteiger partial charge in [0.1, 0.15) is 17.6 Å². The molecule has 0 bridgehead atoms. The van der Waals surface area contributed by atoms with E-state index >= 15 is 0 Å². The summed E-state index contributed by atoms with van der Waals surface area (Å²) in [6.07, 6.45) is 1.51. The van der Waals surface area contributed by atoms with Gasteiger partial charge < -0.3 is 14.2 Å². The minimum atomic E-state index is -1.21.